The lowest BCUT2D eigenvalue weighted by atomic mass is 10.1. The lowest BCUT2D eigenvalue weighted by molar-refractivity contribution is 0.0951. The fraction of sp³-hybridized carbons (Fsp3) is 0.222. The van der Waals surface area contributed by atoms with Crippen LogP contribution in [0.5, 0.6) is 11.6 Å². The van der Waals surface area contributed by atoms with Gasteiger partial charge in [-0.3, -0.25) is 4.79 Å². The minimum absolute atomic E-state index is 0.149. The van der Waals surface area contributed by atoms with Gasteiger partial charge in [-0.2, -0.15) is 5.10 Å². The Morgan fingerprint density at radius 2 is 2.00 bits per heavy atom. The van der Waals surface area contributed by atoms with Crippen molar-refractivity contribution in [1.82, 2.24) is 15.1 Å². The van der Waals surface area contributed by atoms with Gasteiger partial charge in [0.1, 0.15) is 5.75 Å². The zero-order chi connectivity index (χ0) is 17.1. The van der Waals surface area contributed by atoms with E-state index in [-0.39, 0.29) is 5.91 Å². The van der Waals surface area contributed by atoms with Gasteiger partial charge in [-0.05, 0) is 35.9 Å². The summed E-state index contributed by atoms with van der Waals surface area (Å²) in [7, 11) is 5.03. The molecule has 0 aliphatic heterocycles. The van der Waals surface area contributed by atoms with E-state index in [0.717, 1.165) is 22.2 Å². The highest BCUT2D eigenvalue weighted by Gasteiger charge is 2.12. The van der Waals surface area contributed by atoms with Crippen molar-refractivity contribution in [3.8, 4) is 11.6 Å². The zero-order valence-corrected chi connectivity index (χ0v) is 13.9. The molecule has 6 heteroatoms. The molecule has 0 atom stereocenters. The largest absolute Gasteiger partial charge is 0.497 e. The van der Waals surface area contributed by atoms with Crippen molar-refractivity contribution in [2.45, 2.75) is 6.54 Å². The van der Waals surface area contributed by atoms with Gasteiger partial charge < -0.3 is 14.8 Å². The third-order valence-corrected chi connectivity index (χ3v) is 3.82. The minimum atomic E-state index is -0.149. The first-order valence-corrected chi connectivity index (χ1v) is 7.54. The molecule has 0 radical (unpaired) electrons. The van der Waals surface area contributed by atoms with E-state index < -0.39 is 0 Å². The average Bonchev–Trinajstić information content (AvgIpc) is 2.93. The first kappa shape index (κ1) is 15.9. The summed E-state index contributed by atoms with van der Waals surface area (Å²) in [6.45, 7) is 0.430. The van der Waals surface area contributed by atoms with Crippen LogP contribution in [0, 0.1) is 0 Å². The number of ether oxygens (including phenoxy) is 2. The number of amides is 1. The maximum absolute atomic E-state index is 12.4. The van der Waals surface area contributed by atoms with Gasteiger partial charge >= 0.3 is 0 Å². The molecule has 2 aromatic carbocycles. The predicted molar refractivity (Wildman–Crippen MR) is 91.4 cm³/mol. The Morgan fingerprint density at radius 3 is 2.75 bits per heavy atom. The molecule has 0 saturated heterocycles. The van der Waals surface area contributed by atoms with Crippen LogP contribution in [0.15, 0.2) is 42.5 Å². The van der Waals surface area contributed by atoms with Gasteiger partial charge in [0, 0.05) is 19.2 Å². The molecular weight excluding hydrogens is 306 g/mol. The third kappa shape index (κ3) is 3.03. The second-order valence-corrected chi connectivity index (χ2v) is 5.40. The molecule has 3 rings (SSSR count). The monoisotopic (exact) mass is 325 g/mol. The van der Waals surface area contributed by atoms with E-state index in [4.69, 9.17) is 9.47 Å². The molecule has 0 aliphatic carbocycles. The fourth-order valence-electron chi connectivity index (χ4n) is 2.63. The van der Waals surface area contributed by atoms with E-state index in [1.807, 2.05) is 30.3 Å². The smallest absolute Gasteiger partial charge is 0.251 e. The number of methoxy groups -OCH3 is 2. The molecule has 3 aromatic rings. The number of rotatable bonds is 5. The number of hydrogen-bond acceptors (Lipinski definition) is 4. The van der Waals surface area contributed by atoms with Crippen LogP contribution in [0.2, 0.25) is 0 Å². The second-order valence-electron chi connectivity index (χ2n) is 5.40. The van der Waals surface area contributed by atoms with Crippen LogP contribution in [-0.4, -0.2) is 29.9 Å². The summed E-state index contributed by atoms with van der Waals surface area (Å²) < 4.78 is 12.2. The van der Waals surface area contributed by atoms with Crippen molar-refractivity contribution in [2.24, 2.45) is 7.05 Å². The van der Waals surface area contributed by atoms with E-state index >= 15 is 0 Å². The van der Waals surface area contributed by atoms with Crippen LogP contribution < -0.4 is 14.8 Å². The van der Waals surface area contributed by atoms with Crippen molar-refractivity contribution in [3.05, 3.63) is 53.6 Å². The van der Waals surface area contributed by atoms with Gasteiger partial charge in [0.15, 0.2) is 0 Å². The molecule has 0 spiro atoms. The van der Waals surface area contributed by atoms with Gasteiger partial charge in [0.2, 0.25) is 5.88 Å². The van der Waals surface area contributed by atoms with Gasteiger partial charge in [0.25, 0.3) is 5.91 Å². The highest BCUT2D eigenvalue weighted by Crippen LogP contribution is 2.25. The van der Waals surface area contributed by atoms with E-state index in [2.05, 4.69) is 10.4 Å². The van der Waals surface area contributed by atoms with Gasteiger partial charge in [-0.15, -0.1) is 0 Å². The number of aryl methyl sites for hydroxylation is 1. The number of fused-ring (bicyclic) bond motifs is 1. The lowest BCUT2D eigenvalue weighted by Gasteiger charge is -2.07. The summed E-state index contributed by atoms with van der Waals surface area (Å²) in [5.74, 6) is 1.29. The Balaban J connectivity index is 1.76. The van der Waals surface area contributed by atoms with Crippen LogP contribution in [-0.2, 0) is 13.6 Å². The standard InChI is InChI=1S/C18H19N3O3/c1-21-18(24-3)15-8-7-13(10-16(15)20-21)17(22)19-11-12-5-4-6-14(9-12)23-2/h4-10H,11H2,1-3H3,(H,19,22). The topological polar surface area (TPSA) is 65.4 Å². The van der Waals surface area contributed by atoms with Gasteiger partial charge in [-0.1, -0.05) is 12.1 Å². The molecule has 1 heterocycles. The lowest BCUT2D eigenvalue weighted by Crippen LogP contribution is -2.22. The number of nitrogens with one attached hydrogen (secondary N) is 1. The van der Waals surface area contributed by atoms with Crippen LogP contribution in [0.4, 0.5) is 0 Å². The SMILES string of the molecule is COc1cccc(CNC(=O)c2ccc3c(OC)n(C)nc3c2)c1. The normalized spacial score (nSPS) is 10.6. The van der Waals surface area contributed by atoms with Gasteiger partial charge in [0.05, 0.1) is 25.1 Å². The molecule has 1 amide bonds. The molecule has 1 aromatic heterocycles. The highest BCUT2D eigenvalue weighted by molar-refractivity contribution is 5.98. The molecular formula is C18H19N3O3. The molecule has 0 saturated carbocycles. The van der Waals surface area contributed by atoms with E-state index in [1.165, 1.54) is 0 Å². The predicted octanol–water partition coefficient (Wildman–Crippen LogP) is 2.52. The van der Waals surface area contributed by atoms with Crippen LogP contribution >= 0.6 is 0 Å². The number of carbonyl (C=O) groups excluding carboxylic acids is 1. The van der Waals surface area contributed by atoms with Crippen molar-refractivity contribution in [3.63, 3.8) is 0 Å². The highest BCUT2D eigenvalue weighted by atomic mass is 16.5. The summed E-state index contributed by atoms with van der Waals surface area (Å²) >= 11 is 0. The summed E-state index contributed by atoms with van der Waals surface area (Å²) in [6, 6.07) is 13.0. The summed E-state index contributed by atoms with van der Waals surface area (Å²) in [4.78, 5) is 12.4. The quantitative estimate of drug-likeness (QED) is 0.783. The molecule has 0 unspecified atom stereocenters. The number of benzene rings is 2. The Kier molecular flexibility index (Phi) is 4.37. The first-order chi connectivity index (χ1) is 11.6. The van der Waals surface area contributed by atoms with Crippen LogP contribution in [0.3, 0.4) is 0 Å². The third-order valence-electron chi connectivity index (χ3n) is 3.82. The van der Waals surface area contributed by atoms with Crippen molar-refractivity contribution >= 4 is 16.8 Å². The average molecular weight is 325 g/mol. The van der Waals surface area contributed by atoms with Crippen molar-refractivity contribution < 1.29 is 14.3 Å². The molecule has 0 fully saturated rings. The Morgan fingerprint density at radius 1 is 1.17 bits per heavy atom. The Bertz CT molecular complexity index is 886. The number of carbonyl (C=O) groups is 1. The second kappa shape index (κ2) is 6.62. The Hall–Kier alpha value is -3.02. The molecule has 0 aliphatic rings. The molecule has 124 valence electrons. The molecule has 0 bridgehead atoms. The van der Waals surface area contributed by atoms with E-state index in [9.17, 15) is 4.79 Å². The maximum Gasteiger partial charge on any atom is 0.251 e. The van der Waals surface area contributed by atoms with Crippen LogP contribution in [0.25, 0.3) is 10.9 Å². The van der Waals surface area contributed by atoms with E-state index in [0.29, 0.717) is 18.0 Å². The van der Waals surface area contributed by atoms with Gasteiger partial charge in [-0.25, -0.2) is 4.68 Å². The minimum Gasteiger partial charge on any atom is -0.497 e. The number of nitrogens with zero attached hydrogens (tertiary/aromatic N) is 2. The molecule has 24 heavy (non-hydrogen) atoms. The number of hydrogen-bond donors (Lipinski definition) is 1. The Labute approximate surface area is 140 Å². The maximum atomic E-state index is 12.4. The summed E-state index contributed by atoms with van der Waals surface area (Å²) in [6.07, 6.45) is 0. The zero-order valence-electron chi connectivity index (χ0n) is 13.9. The molecule has 6 nitrogen and oxygen atoms in total. The molecule has 1 N–H and O–H groups in total. The first-order valence-electron chi connectivity index (χ1n) is 7.54. The van der Waals surface area contributed by atoms with Crippen molar-refractivity contribution in [1.29, 1.82) is 0 Å². The van der Waals surface area contributed by atoms with Crippen molar-refractivity contribution in [2.75, 3.05) is 14.2 Å². The summed E-state index contributed by atoms with van der Waals surface area (Å²) in [5, 5.41) is 8.15. The summed E-state index contributed by atoms with van der Waals surface area (Å²) in [5.41, 5.74) is 2.26. The van der Waals surface area contributed by atoms with Crippen LogP contribution in [0.1, 0.15) is 15.9 Å². The van der Waals surface area contributed by atoms with E-state index in [1.54, 1.807) is 38.1 Å². The number of aromatic nitrogens is 2. The fourth-order valence-corrected chi connectivity index (χ4v) is 2.63.